The van der Waals surface area contributed by atoms with E-state index >= 15 is 0 Å². The van der Waals surface area contributed by atoms with E-state index in [1.807, 2.05) is 4.90 Å². The summed E-state index contributed by atoms with van der Waals surface area (Å²) in [7, 11) is 4.16. The number of carbonyl (C=O) groups excluding carboxylic acids is 1. The number of fused-ring (bicyclic) bond motifs is 1. The summed E-state index contributed by atoms with van der Waals surface area (Å²) in [6.45, 7) is 3.30. The predicted molar refractivity (Wildman–Crippen MR) is 88.5 cm³/mol. The van der Waals surface area contributed by atoms with Gasteiger partial charge in [-0.25, -0.2) is 4.68 Å². The van der Waals surface area contributed by atoms with Crippen LogP contribution >= 0.6 is 0 Å². The fourth-order valence-corrected chi connectivity index (χ4v) is 3.66. The highest BCUT2D eigenvalue weighted by molar-refractivity contribution is 5.80. The second-order valence-electron chi connectivity index (χ2n) is 6.95. The minimum Gasteiger partial charge on any atom is -0.341 e. The molecule has 2 aliphatic rings. The molecule has 3 rings (SSSR count). The highest BCUT2D eigenvalue weighted by atomic mass is 16.2. The highest BCUT2D eigenvalue weighted by Gasteiger charge is 2.29. The molecule has 1 aliphatic heterocycles. The number of aryl methyl sites for hydroxylation is 2. The number of carbonyl (C=O) groups is 1. The van der Waals surface area contributed by atoms with Crippen LogP contribution in [0.3, 0.4) is 0 Å². The molecular formula is C17H26N4O2. The van der Waals surface area contributed by atoms with Crippen LogP contribution in [0, 0.1) is 0 Å². The third-order valence-corrected chi connectivity index (χ3v) is 5.21. The van der Waals surface area contributed by atoms with E-state index < -0.39 is 6.04 Å². The Hall–Kier alpha value is -1.69. The molecular weight excluding hydrogens is 292 g/mol. The van der Waals surface area contributed by atoms with Crippen molar-refractivity contribution in [3.05, 3.63) is 27.7 Å². The first-order chi connectivity index (χ1) is 11.0. The summed E-state index contributed by atoms with van der Waals surface area (Å²) in [5.74, 6) is 0.00903. The van der Waals surface area contributed by atoms with Crippen molar-refractivity contribution in [2.75, 3.05) is 27.2 Å². The Morgan fingerprint density at radius 3 is 2.65 bits per heavy atom. The average Bonchev–Trinajstić information content (AvgIpc) is 3.00. The number of hydrogen-bond acceptors (Lipinski definition) is 4. The van der Waals surface area contributed by atoms with Crippen molar-refractivity contribution in [1.29, 1.82) is 0 Å². The predicted octanol–water partition coefficient (Wildman–Crippen LogP) is 0.846. The molecule has 126 valence electrons. The summed E-state index contributed by atoms with van der Waals surface area (Å²) < 4.78 is 1.38. The zero-order chi connectivity index (χ0) is 16.6. The Morgan fingerprint density at radius 1 is 1.30 bits per heavy atom. The molecule has 1 saturated heterocycles. The number of hydrogen-bond donors (Lipinski definition) is 0. The van der Waals surface area contributed by atoms with Gasteiger partial charge in [0.15, 0.2) is 0 Å². The first-order valence-electron chi connectivity index (χ1n) is 8.54. The maximum absolute atomic E-state index is 12.7. The SMILES string of the molecule is CC(C(=O)N1CCC(N(C)C)CC1)n1nc2c(cc1=O)CCC2. The van der Waals surface area contributed by atoms with Gasteiger partial charge in [-0.2, -0.15) is 5.10 Å². The number of rotatable bonds is 3. The van der Waals surface area contributed by atoms with Gasteiger partial charge < -0.3 is 9.80 Å². The quantitative estimate of drug-likeness (QED) is 0.829. The lowest BCUT2D eigenvalue weighted by molar-refractivity contribution is -0.136. The van der Waals surface area contributed by atoms with Gasteiger partial charge >= 0.3 is 0 Å². The van der Waals surface area contributed by atoms with E-state index in [0.717, 1.165) is 56.5 Å². The Morgan fingerprint density at radius 2 is 2.00 bits per heavy atom. The molecule has 6 nitrogen and oxygen atoms in total. The summed E-state index contributed by atoms with van der Waals surface area (Å²) in [4.78, 5) is 29.1. The zero-order valence-electron chi connectivity index (χ0n) is 14.3. The maximum Gasteiger partial charge on any atom is 0.267 e. The maximum atomic E-state index is 12.7. The van der Waals surface area contributed by atoms with E-state index in [-0.39, 0.29) is 11.5 Å². The van der Waals surface area contributed by atoms with Gasteiger partial charge in [-0.15, -0.1) is 0 Å². The summed E-state index contributed by atoms with van der Waals surface area (Å²) in [5.41, 5.74) is 1.88. The molecule has 23 heavy (non-hydrogen) atoms. The second-order valence-corrected chi connectivity index (χ2v) is 6.95. The molecule has 1 fully saturated rings. The topological polar surface area (TPSA) is 58.4 Å². The molecule has 1 aliphatic carbocycles. The van der Waals surface area contributed by atoms with Crippen LogP contribution in [-0.4, -0.2) is 58.7 Å². The highest BCUT2D eigenvalue weighted by Crippen LogP contribution is 2.20. The molecule has 0 bridgehead atoms. The van der Waals surface area contributed by atoms with Crippen LogP contribution in [-0.2, 0) is 17.6 Å². The van der Waals surface area contributed by atoms with Crippen LogP contribution in [0.4, 0.5) is 0 Å². The lowest BCUT2D eigenvalue weighted by Gasteiger charge is -2.36. The lowest BCUT2D eigenvalue weighted by Crippen LogP contribution is -2.47. The molecule has 1 unspecified atom stereocenters. The number of amides is 1. The van der Waals surface area contributed by atoms with Crippen LogP contribution in [0.1, 0.15) is 43.5 Å². The van der Waals surface area contributed by atoms with Gasteiger partial charge in [-0.05, 0) is 58.7 Å². The van der Waals surface area contributed by atoms with E-state index in [1.165, 1.54) is 4.68 Å². The number of piperidine rings is 1. The number of likely N-dealkylation sites (tertiary alicyclic amines) is 1. The Bertz CT molecular complexity index is 644. The van der Waals surface area contributed by atoms with Crippen molar-refractivity contribution in [2.24, 2.45) is 0 Å². The molecule has 0 N–H and O–H groups in total. The van der Waals surface area contributed by atoms with Gasteiger partial charge in [-0.3, -0.25) is 9.59 Å². The fourth-order valence-electron chi connectivity index (χ4n) is 3.66. The van der Waals surface area contributed by atoms with Crippen LogP contribution in [0.25, 0.3) is 0 Å². The Kier molecular flexibility index (Phi) is 4.53. The van der Waals surface area contributed by atoms with Crippen molar-refractivity contribution < 1.29 is 4.79 Å². The van der Waals surface area contributed by atoms with Crippen molar-refractivity contribution in [3.63, 3.8) is 0 Å². The minimum atomic E-state index is -0.524. The van der Waals surface area contributed by atoms with Crippen LogP contribution < -0.4 is 5.56 Å². The third-order valence-electron chi connectivity index (χ3n) is 5.21. The van der Waals surface area contributed by atoms with Crippen LogP contribution in [0.5, 0.6) is 0 Å². The molecule has 1 amide bonds. The van der Waals surface area contributed by atoms with Gasteiger partial charge in [0.25, 0.3) is 5.56 Å². The van der Waals surface area contributed by atoms with Gasteiger partial charge in [0, 0.05) is 25.2 Å². The molecule has 0 aromatic carbocycles. The first kappa shape index (κ1) is 16.2. The molecule has 1 atom stereocenters. The van der Waals surface area contributed by atoms with Crippen molar-refractivity contribution in [1.82, 2.24) is 19.6 Å². The number of aromatic nitrogens is 2. The van der Waals surface area contributed by atoms with E-state index in [1.54, 1.807) is 13.0 Å². The first-order valence-corrected chi connectivity index (χ1v) is 8.54. The molecule has 0 radical (unpaired) electrons. The van der Waals surface area contributed by atoms with Crippen LogP contribution in [0.15, 0.2) is 10.9 Å². The smallest absolute Gasteiger partial charge is 0.267 e. The standard InChI is InChI=1S/C17H26N4O2/c1-12(17(23)20-9-7-14(8-10-20)19(2)3)21-16(22)11-13-5-4-6-15(13)18-21/h11-12,14H,4-10H2,1-3H3. The van der Waals surface area contributed by atoms with Crippen molar-refractivity contribution in [2.45, 2.75) is 51.1 Å². The minimum absolute atomic E-state index is 0.00903. The zero-order valence-corrected chi connectivity index (χ0v) is 14.3. The van der Waals surface area contributed by atoms with Gasteiger partial charge in [0.1, 0.15) is 6.04 Å². The average molecular weight is 318 g/mol. The van der Waals surface area contributed by atoms with E-state index in [0.29, 0.717) is 6.04 Å². The van der Waals surface area contributed by atoms with Gasteiger partial charge in [0.05, 0.1) is 5.69 Å². The van der Waals surface area contributed by atoms with Gasteiger partial charge in [-0.1, -0.05) is 0 Å². The van der Waals surface area contributed by atoms with E-state index in [2.05, 4.69) is 24.1 Å². The third kappa shape index (κ3) is 3.17. The lowest BCUT2D eigenvalue weighted by atomic mass is 10.0. The normalized spacial score (nSPS) is 19.9. The van der Waals surface area contributed by atoms with Crippen LogP contribution in [0.2, 0.25) is 0 Å². The van der Waals surface area contributed by atoms with Crippen molar-refractivity contribution >= 4 is 5.91 Å². The molecule has 6 heteroatoms. The summed E-state index contributed by atoms with van der Waals surface area (Å²) in [5, 5.41) is 4.46. The Labute approximate surface area is 137 Å². The van der Waals surface area contributed by atoms with Crippen molar-refractivity contribution in [3.8, 4) is 0 Å². The van der Waals surface area contributed by atoms with Gasteiger partial charge in [0.2, 0.25) is 5.91 Å². The summed E-state index contributed by atoms with van der Waals surface area (Å²) in [6.07, 6.45) is 4.85. The second kappa shape index (κ2) is 6.43. The van der Waals surface area contributed by atoms with E-state index in [9.17, 15) is 9.59 Å². The number of nitrogens with zero attached hydrogens (tertiary/aromatic N) is 4. The summed E-state index contributed by atoms with van der Waals surface area (Å²) >= 11 is 0. The molecule has 2 heterocycles. The monoisotopic (exact) mass is 318 g/mol. The fraction of sp³-hybridized carbons (Fsp3) is 0.706. The molecule has 1 aromatic heterocycles. The Balaban J connectivity index is 1.72. The molecule has 1 aromatic rings. The molecule has 0 saturated carbocycles. The molecule has 0 spiro atoms. The van der Waals surface area contributed by atoms with E-state index in [4.69, 9.17) is 0 Å². The summed E-state index contributed by atoms with van der Waals surface area (Å²) in [6, 6.07) is 1.68. The largest absolute Gasteiger partial charge is 0.341 e.